The molecule has 2 aromatic rings. The van der Waals surface area contributed by atoms with Gasteiger partial charge in [-0.05, 0) is 36.2 Å². The molecule has 17 heavy (non-hydrogen) atoms. The van der Waals surface area contributed by atoms with Crippen molar-refractivity contribution in [1.82, 2.24) is 14.9 Å². The highest BCUT2D eigenvalue weighted by Gasteiger charge is 2.08. The zero-order valence-electron chi connectivity index (χ0n) is 9.97. The van der Waals surface area contributed by atoms with Crippen LogP contribution >= 0.6 is 23.6 Å². The van der Waals surface area contributed by atoms with Gasteiger partial charge in [0.15, 0.2) is 5.82 Å². The quantitative estimate of drug-likeness (QED) is 0.684. The molecule has 2 aromatic heterocycles. The van der Waals surface area contributed by atoms with Crippen molar-refractivity contribution in [3.8, 4) is 0 Å². The van der Waals surface area contributed by atoms with Crippen LogP contribution in [0.3, 0.4) is 0 Å². The summed E-state index contributed by atoms with van der Waals surface area (Å²) >= 11 is 6.82. The molecule has 2 rings (SSSR count). The molecule has 4 nitrogen and oxygen atoms in total. The normalized spacial score (nSPS) is 11.8. The van der Waals surface area contributed by atoms with E-state index in [-0.39, 0.29) is 5.92 Å². The minimum atomic E-state index is 0.282. The number of nitrogens with one attached hydrogen (secondary N) is 1. The van der Waals surface area contributed by atoms with E-state index in [0.717, 1.165) is 10.7 Å². The van der Waals surface area contributed by atoms with Crippen molar-refractivity contribution < 1.29 is 0 Å². The Balaban J connectivity index is 2.36. The number of nitrogens with zero attached hydrogens (tertiary/aromatic N) is 3. The van der Waals surface area contributed by atoms with Gasteiger partial charge >= 0.3 is 0 Å². The molecule has 0 aliphatic heterocycles. The van der Waals surface area contributed by atoms with Crippen molar-refractivity contribution in [3.63, 3.8) is 0 Å². The Morgan fingerprint density at radius 2 is 2.35 bits per heavy atom. The molecule has 0 amide bonds. The van der Waals surface area contributed by atoms with E-state index in [2.05, 4.69) is 47.5 Å². The third-order valence-electron chi connectivity index (χ3n) is 2.38. The molecular weight excluding hydrogens is 252 g/mol. The molecule has 0 fully saturated rings. The van der Waals surface area contributed by atoms with E-state index in [1.54, 1.807) is 16.0 Å². The van der Waals surface area contributed by atoms with E-state index in [9.17, 15) is 0 Å². The second-order valence-corrected chi connectivity index (χ2v) is 5.40. The van der Waals surface area contributed by atoms with E-state index >= 15 is 0 Å². The fraction of sp³-hybridized carbons (Fsp3) is 0.364. The number of aryl methyl sites for hydroxylation is 1. The van der Waals surface area contributed by atoms with Gasteiger partial charge in [-0.2, -0.15) is 14.9 Å². The molecule has 0 aromatic carbocycles. The van der Waals surface area contributed by atoms with Gasteiger partial charge in [-0.3, -0.25) is 5.10 Å². The summed E-state index contributed by atoms with van der Waals surface area (Å²) < 4.78 is 2.21. The van der Waals surface area contributed by atoms with Crippen molar-refractivity contribution in [1.29, 1.82) is 0 Å². The van der Waals surface area contributed by atoms with Crippen LogP contribution in [0.2, 0.25) is 0 Å². The van der Waals surface area contributed by atoms with E-state index in [0.29, 0.717) is 4.77 Å². The smallest absolute Gasteiger partial charge is 0.216 e. The molecule has 0 saturated heterocycles. The summed E-state index contributed by atoms with van der Waals surface area (Å²) in [4.78, 5) is 1.14. The first-order valence-electron chi connectivity index (χ1n) is 5.35. The molecule has 0 atom stereocenters. The lowest BCUT2D eigenvalue weighted by Crippen LogP contribution is -2.00. The SMILES string of the molecule is Cc1ccsc1/C=N/n1c(C(C)C)n[nH]c1=S. The van der Waals surface area contributed by atoms with Gasteiger partial charge < -0.3 is 0 Å². The predicted octanol–water partition coefficient (Wildman–Crippen LogP) is 3.32. The van der Waals surface area contributed by atoms with Crippen LogP contribution in [0.5, 0.6) is 0 Å². The highest BCUT2D eigenvalue weighted by atomic mass is 32.1. The van der Waals surface area contributed by atoms with Gasteiger partial charge in [0.1, 0.15) is 0 Å². The average molecular weight is 266 g/mol. The minimum absolute atomic E-state index is 0.282. The Kier molecular flexibility index (Phi) is 3.54. The van der Waals surface area contributed by atoms with Crippen LogP contribution in [0.25, 0.3) is 0 Å². The monoisotopic (exact) mass is 266 g/mol. The third-order valence-corrected chi connectivity index (χ3v) is 3.60. The highest BCUT2D eigenvalue weighted by molar-refractivity contribution is 7.71. The van der Waals surface area contributed by atoms with Gasteiger partial charge in [0, 0.05) is 5.92 Å². The van der Waals surface area contributed by atoms with Gasteiger partial charge in [-0.15, -0.1) is 11.3 Å². The van der Waals surface area contributed by atoms with E-state index in [1.165, 1.54) is 5.56 Å². The molecule has 0 saturated carbocycles. The van der Waals surface area contributed by atoms with Gasteiger partial charge in [-0.1, -0.05) is 13.8 Å². The lowest BCUT2D eigenvalue weighted by molar-refractivity contribution is 0.695. The number of hydrogen-bond acceptors (Lipinski definition) is 4. The van der Waals surface area contributed by atoms with Crippen LogP contribution in [-0.4, -0.2) is 21.1 Å². The Hall–Kier alpha value is -1.27. The Morgan fingerprint density at radius 1 is 1.59 bits per heavy atom. The largest absolute Gasteiger partial charge is 0.250 e. The van der Waals surface area contributed by atoms with Crippen LogP contribution < -0.4 is 0 Å². The number of rotatable bonds is 3. The molecule has 0 aliphatic carbocycles. The summed E-state index contributed by atoms with van der Waals surface area (Å²) in [5.74, 6) is 1.13. The molecule has 90 valence electrons. The number of H-pyrrole nitrogens is 1. The molecule has 0 radical (unpaired) electrons. The maximum Gasteiger partial charge on any atom is 0.216 e. The summed E-state index contributed by atoms with van der Waals surface area (Å²) in [6.45, 7) is 6.19. The molecule has 1 N–H and O–H groups in total. The summed E-state index contributed by atoms with van der Waals surface area (Å²) in [6, 6.07) is 2.07. The van der Waals surface area contributed by atoms with Crippen LogP contribution in [0.1, 0.15) is 36.0 Å². The number of aromatic nitrogens is 3. The van der Waals surface area contributed by atoms with Gasteiger partial charge in [0.25, 0.3) is 0 Å². The average Bonchev–Trinajstić information content (AvgIpc) is 2.82. The van der Waals surface area contributed by atoms with Crippen molar-refractivity contribution in [2.75, 3.05) is 0 Å². The van der Waals surface area contributed by atoms with Gasteiger partial charge in [-0.25, -0.2) is 0 Å². The second-order valence-electron chi connectivity index (χ2n) is 4.07. The minimum Gasteiger partial charge on any atom is -0.250 e. The van der Waals surface area contributed by atoms with Crippen molar-refractivity contribution in [2.45, 2.75) is 26.7 Å². The molecule has 0 unspecified atom stereocenters. The van der Waals surface area contributed by atoms with E-state index in [1.807, 2.05) is 6.21 Å². The topological polar surface area (TPSA) is 46.0 Å². The van der Waals surface area contributed by atoms with Gasteiger partial charge in [0.05, 0.1) is 11.1 Å². The molecule has 6 heteroatoms. The van der Waals surface area contributed by atoms with Crippen molar-refractivity contribution in [3.05, 3.63) is 32.5 Å². The van der Waals surface area contributed by atoms with Crippen LogP contribution in [0.4, 0.5) is 0 Å². The highest BCUT2D eigenvalue weighted by Crippen LogP contribution is 2.14. The lowest BCUT2D eigenvalue weighted by atomic mass is 10.2. The summed E-state index contributed by atoms with van der Waals surface area (Å²) in [5.41, 5.74) is 1.22. The molecule has 2 heterocycles. The standard InChI is InChI=1S/C11H14N4S2/c1-7(2)10-13-14-11(16)15(10)12-6-9-8(3)4-5-17-9/h4-7H,1-3H3,(H,14,16)/b12-6+. The molecule has 0 spiro atoms. The fourth-order valence-electron chi connectivity index (χ4n) is 1.42. The fourth-order valence-corrected chi connectivity index (χ4v) is 2.38. The summed E-state index contributed by atoms with van der Waals surface area (Å²) in [6.07, 6.45) is 1.83. The van der Waals surface area contributed by atoms with Crippen LogP contribution in [-0.2, 0) is 0 Å². The number of thiophene rings is 1. The summed E-state index contributed by atoms with van der Waals surface area (Å²) in [5, 5.41) is 13.4. The zero-order valence-corrected chi connectivity index (χ0v) is 11.6. The third kappa shape index (κ3) is 2.53. The number of aromatic amines is 1. The van der Waals surface area contributed by atoms with Gasteiger partial charge in [0.2, 0.25) is 4.77 Å². The first kappa shape index (κ1) is 12.2. The predicted molar refractivity (Wildman–Crippen MR) is 73.5 cm³/mol. The molecule has 0 aliphatic rings. The maximum atomic E-state index is 5.15. The second kappa shape index (κ2) is 4.93. The van der Waals surface area contributed by atoms with Crippen LogP contribution in [0, 0.1) is 11.7 Å². The first-order chi connectivity index (χ1) is 8.09. The van der Waals surface area contributed by atoms with Crippen molar-refractivity contribution in [2.24, 2.45) is 5.10 Å². The first-order valence-corrected chi connectivity index (χ1v) is 6.64. The Morgan fingerprint density at radius 3 is 2.94 bits per heavy atom. The summed E-state index contributed by atoms with van der Waals surface area (Å²) in [7, 11) is 0. The Labute approximate surface area is 109 Å². The van der Waals surface area contributed by atoms with Crippen LogP contribution in [0.15, 0.2) is 16.5 Å². The number of hydrogen-bond donors (Lipinski definition) is 1. The molecular formula is C11H14N4S2. The van der Waals surface area contributed by atoms with Crippen molar-refractivity contribution >= 4 is 29.8 Å². The lowest BCUT2D eigenvalue weighted by Gasteiger charge is -2.02. The zero-order chi connectivity index (χ0) is 12.4. The van der Waals surface area contributed by atoms with E-state index in [4.69, 9.17) is 12.2 Å². The Bertz CT molecular complexity index is 589. The molecule has 0 bridgehead atoms. The maximum absolute atomic E-state index is 5.15. The van der Waals surface area contributed by atoms with E-state index < -0.39 is 0 Å².